The van der Waals surface area contributed by atoms with E-state index in [0.29, 0.717) is 5.95 Å². The first-order valence-electron chi connectivity index (χ1n) is 7.91. The second-order valence-corrected chi connectivity index (χ2v) is 5.68. The lowest BCUT2D eigenvalue weighted by Gasteiger charge is -2.08. The maximum atomic E-state index is 4.66. The number of rotatable bonds is 3. The van der Waals surface area contributed by atoms with E-state index in [9.17, 15) is 0 Å². The van der Waals surface area contributed by atoms with E-state index in [1.165, 1.54) is 0 Å². The highest BCUT2D eigenvalue weighted by atomic mass is 15.2. The number of nitrogens with zero attached hydrogens (tertiary/aromatic N) is 6. The van der Waals surface area contributed by atoms with Gasteiger partial charge in [0, 0.05) is 57.0 Å². The number of hydrogen-bond donors (Lipinski definition) is 1. The summed E-state index contributed by atoms with van der Waals surface area (Å²) in [7, 11) is 0. The molecular weight excluding hydrogens is 314 g/mol. The first-order chi connectivity index (χ1) is 12.4. The highest BCUT2D eigenvalue weighted by molar-refractivity contribution is 5.82. The number of anilines is 2. The van der Waals surface area contributed by atoms with Gasteiger partial charge in [-0.05, 0) is 18.2 Å². The highest BCUT2D eigenvalue weighted by Gasteiger charge is 2.19. The quantitative estimate of drug-likeness (QED) is 0.621. The Morgan fingerprint density at radius 1 is 1.04 bits per heavy atom. The summed E-state index contributed by atoms with van der Waals surface area (Å²) in [5, 5.41) is 7.38. The van der Waals surface area contributed by atoms with E-state index in [1.54, 1.807) is 23.1 Å². The Morgan fingerprint density at radius 3 is 2.88 bits per heavy atom. The molecule has 0 bridgehead atoms. The Bertz CT molecular complexity index is 1110. The molecule has 0 saturated heterocycles. The zero-order valence-electron chi connectivity index (χ0n) is 13.2. The molecule has 0 unspecified atom stereocenters. The van der Waals surface area contributed by atoms with Crippen molar-refractivity contribution in [1.29, 1.82) is 0 Å². The highest BCUT2D eigenvalue weighted by Crippen LogP contribution is 2.31. The van der Waals surface area contributed by atoms with Crippen LogP contribution in [-0.4, -0.2) is 29.5 Å². The summed E-state index contributed by atoms with van der Waals surface area (Å²) in [6.45, 7) is 0. The molecule has 4 aromatic rings. The molecule has 0 aromatic carbocycles. The number of nitrogens with one attached hydrogen (secondary N) is 1. The molecule has 0 saturated carbocycles. The Balaban J connectivity index is 0.00000105. The van der Waals surface area contributed by atoms with Crippen LogP contribution in [0.1, 0.15) is 19.8 Å². The van der Waals surface area contributed by atoms with Crippen molar-refractivity contribution < 1.29 is 2.85 Å². The fraction of sp³-hybridized carbons (Fsp3) is 0.0556. The van der Waals surface area contributed by atoms with Crippen LogP contribution in [-0.2, 0) is 6.42 Å². The third kappa shape index (κ3) is 2.42. The van der Waals surface area contributed by atoms with Crippen LogP contribution in [0.15, 0.2) is 61.3 Å². The molecule has 0 aliphatic heterocycles. The minimum Gasteiger partial charge on any atom is -0.324 e. The summed E-state index contributed by atoms with van der Waals surface area (Å²) < 4.78 is 1.75. The van der Waals surface area contributed by atoms with Gasteiger partial charge in [0.2, 0.25) is 5.95 Å². The van der Waals surface area contributed by atoms with Crippen LogP contribution in [0, 0.1) is 0 Å². The van der Waals surface area contributed by atoms with Crippen LogP contribution in [0.25, 0.3) is 11.2 Å². The van der Waals surface area contributed by atoms with Crippen molar-refractivity contribution in [3.8, 4) is 0 Å². The molecule has 4 heterocycles. The van der Waals surface area contributed by atoms with Gasteiger partial charge in [0.1, 0.15) is 0 Å². The van der Waals surface area contributed by atoms with Crippen molar-refractivity contribution in [2.24, 2.45) is 0 Å². The lowest BCUT2D eigenvalue weighted by atomic mass is 10.1. The second kappa shape index (κ2) is 5.48. The molecule has 0 atom stereocenters. The van der Waals surface area contributed by atoms with Crippen molar-refractivity contribution >= 4 is 22.9 Å². The predicted molar refractivity (Wildman–Crippen MR) is 97.5 cm³/mol. The van der Waals surface area contributed by atoms with Gasteiger partial charge in [0.15, 0.2) is 5.65 Å². The third-order valence-corrected chi connectivity index (χ3v) is 4.13. The minimum atomic E-state index is 0. The predicted octanol–water partition coefficient (Wildman–Crippen LogP) is 3.14. The van der Waals surface area contributed by atoms with E-state index < -0.39 is 0 Å². The van der Waals surface area contributed by atoms with Crippen molar-refractivity contribution in [3.05, 3.63) is 78.3 Å². The van der Waals surface area contributed by atoms with E-state index in [1.807, 2.05) is 36.7 Å². The lowest BCUT2D eigenvalue weighted by molar-refractivity contribution is 0.936. The van der Waals surface area contributed by atoms with Crippen LogP contribution in [0.2, 0.25) is 0 Å². The second-order valence-electron chi connectivity index (χ2n) is 5.68. The molecule has 1 N–H and O–H groups in total. The van der Waals surface area contributed by atoms with Gasteiger partial charge in [-0.3, -0.25) is 4.98 Å². The van der Waals surface area contributed by atoms with E-state index in [0.717, 1.165) is 40.3 Å². The molecule has 1 aliphatic rings. The van der Waals surface area contributed by atoms with Gasteiger partial charge in [-0.1, -0.05) is 6.08 Å². The normalized spacial score (nSPS) is 12.9. The summed E-state index contributed by atoms with van der Waals surface area (Å²) in [6, 6.07) is 7.61. The van der Waals surface area contributed by atoms with Crippen LogP contribution in [0.4, 0.5) is 11.6 Å². The van der Waals surface area contributed by atoms with Crippen LogP contribution in [0.5, 0.6) is 0 Å². The smallest absolute Gasteiger partial charge is 0.227 e. The van der Waals surface area contributed by atoms with Crippen molar-refractivity contribution in [2.45, 2.75) is 6.42 Å². The average Bonchev–Trinajstić information content (AvgIpc) is 3.28. The number of fused-ring (bicyclic) bond motifs is 2. The van der Waals surface area contributed by atoms with Gasteiger partial charge in [-0.25, -0.2) is 19.5 Å². The fourth-order valence-electron chi connectivity index (χ4n) is 2.94. The zero-order chi connectivity index (χ0) is 16.6. The number of aromatic nitrogens is 6. The Hall–Kier alpha value is -3.61. The number of allylic oxidation sites excluding steroid dienone is 1. The molecule has 7 heteroatoms. The molecule has 0 fully saturated rings. The van der Waals surface area contributed by atoms with E-state index >= 15 is 0 Å². The summed E-state index contributed by atoms with van der Waals surface area (Å²) in [5.74, 6) is 0.582. The number of hydrogen-bond acceptors (Lipinski definition) is 6. The summed E-state index contributed by atoms with van der Waals surface area (Å²) in [4.78, 5) is 17.7. The Morgan fingerprint density at radius 2 is 1.96 bits per heavy atom. The topological polar surface area (TPSA) is 80.9 Å². The summed E-state index contributed by atoms with van der Waals surface area (Å²) in [5.41, 5.74) is 5.73. The fourth-order valence-corrected chi connectivity index (χ4v) is 2.94. The minimum absolute atomic E-state index is 0. The van der Waals surface area contributed by atoms with Crippen LogP contribution < -0.4 is 5.32 Å². The third-order valence-electron chi connectivity index (χ3n) is 4.13. The van der Waals surface area contributed by atoms with E-state index in [-0.39, 0.29) is 2.85 Å². The van der Waals surface area contributed by atoms with E-state index in [2.05, 4.69) is 36.4 Å². The first-order valence-corrected chi connectivity index (χ1v) is 7.91. The molecule has 0 radical (unpaired) electrons. The van der Waals surface area contributed by atoms with Crippen molar-refractivity contribution in [1.82, 2.24) is 29.5 Å². The first kappa shape index (κ1) is 13.8. The zero-order valence-corrected chi connectivity index (χ0v) is 13.2. The monoisotopic (exact) mass is 331 g/mol. The van der Waals surface area contributed by atoms with Crippen LogP contribution >= 0.6 is 0 Å². The Labute approximate surface area is 146 Å². The molecule has 1 aliphatic carbocycles. The SMILES string of the molecule is C1=C(c2ccn3nccc3n2)c2cnc(Nc3ccncc3)nc2C1.[HH].[HH]. The maximum Gasteiger partial charge on any atom is 0.227 e. The number of pyridine rings is 1. The van der Waals surface area contributed by atoms with Gasteiger partial charge in [-0.15, -0.1) is 0 Å². The molecule has 0 spiro atoms. The van der Waals surface area contributed by atoms with Gasteiger partial charge in [0.25, 0.3) is 0 Å². The molecule has 5 rings (SSSR count). The van der Waals surface area contributed by atoms with Gasteiger partial charge < -0.3 is 5.32 Å². The lowest BCUT2D eigenvalue weighted by Crippen LogP contribution is -2.01. The van der Waals surface area contributed by atoms with Crippen LogP contribution in [0.3, 0.4) is 0 Å². The summed E-state index contributed by atoms with van der Waals surface area (Å²) in [6.07, 6.45) is 11.9. The van der Waals surface area contributed by atoms with Gasteiger partial charge in [0.05, 0.1) is 17.6 Å². The Kier molecular flexibility index (Phi) is 3.03. The van der Waals surface area contributed by atoms with Gasteiger partial charge in [-0.2, -0.15) is 5.10 Å². The van der Waals surface area contributed by atoms with Gasteiger partial charge >= 0.3 is 0 Å². The molecule has 0 amide bonds. The molecule has 4 aromatic heterocycles. The largest absolute Gasteiger partial charge is 0.324 e. The standard InChI is InChI=1S/C18H13N7.2H2/c1-2-15-14(11-20-18(24-15)22-12-3-7-19-8-4-12)13(1)16-6-10-25-17(23-16)5-9-21-25;;/h1,3-11H,2H2,(H,19,20,22,24);2*1H. The van der Waals surface area contributed by atoms with Crippen molar-refractivity contribution in [3.63, 3.8) is 0 Å². The summed E-state index contributed by atoms with van der Waals surface area (Å²) >= 11 is 0. The molecular formula is C18H17N7. The maximum absolute atomic E-state index is 4.66. The molecule has 7 nitrogen and oxygen atoms in total. The molecule has 25 heavy (non-hydrogen) atoms. The van der Waals surface area contributed by atoms with E-state index in [4.69, 9.17) is 0 Å². The molecule has 124 valence electrons. The van der Waals surface area contributed by atoms with Crippen molar-refractivity contribution in [2.75, 3.05) is 5.32 Å². The average molecular weight is 331 g/mol.